The fraction of sp³-hybridized carbons (Fsp3) is 0.524. The van der Waals surface area contributed by atoms with Crippen LogP contribution in [0.5, 0.6) is 5.75 Å². The lowest BCUT2D eigenvalue weighted by molar-refractivity contribution is -0.121. The number of rotatable bonds is 8. The predicted octanol–water partition coefficient (Wildman–Crippen LogP) is 2.80. The highest BCUT2D eigenvalue weighted by atomic mass is 16.5. The Kier molecular flexibility index (Phi) is 6.87. The Labute approximate surface area is 161 Å². The molecule has 1 aliphatic heterocycles. The zero-order valence-corrected chi connectivity index (χ0v) is 16.4. The number of carbonyl (C=O) groups is 1. The molecule has 1 aromatic carbocycles. The minimum Gasteiger partial charge on any atom is -0.497 e. The van der Waals surface area contributed by atoms with E-state index in [9.17, 15) is 4.79 Å². The summed E-state index contributed by atoms with van der Waals surface area (Å²) in [6, 6.07) is 7.78. The van der Waals surface area contributed by atoms with Gasteiger partial charge in [-0.05, 0) is 44.0 Å². The maximum Gasteiger partial charge on any atom is 0.221 e. The number of methoxy groups -OCH3 is 1. The SMILES string of the molecule is CCn1ccnc1C1CCCN(CCC(=O)NCc2ccc(OC)cc2)C1. The number of hydrogen-bond acceptors (Lipinski definition) is 4. The van der Waals surface area contributed by atoms with Crippen LogP contribution in [0.15, 0.2) is 36.7 Å². The van der Waals surface area contributed by atoms with E-state index in [-0.39, 0.29) is 5.91 Å². The molecule has 1 aromatic heterocycles. The quantitative estimate of drug-likeness (QED) is 0.776. The van der Waals surface area contributed by atoms with Crippen molar-refractivity contribution in [1.82, 2.24) is 19.8 Å². The monoisotopic (exact) mass is 370 g/mol. The molecule has 1 aliphatic rings. The van der Waals surface area contributed by atoms with Gasteiger partial charge < -0.3 is 19.5 Å². The average Bonchev–Trinajstić information content (AvgIpc) is 3.20. The van der Waals surface area contributed by atoms with Crippen molar-refractivity contribution in [1.29, 1.82) is 0 Å². The molecular formula is C21H30N4O2. The van der Waals surface area contributed by atoms with Gasteiger partial charge in [-0.25, -0.2) is 4.98 Å². The number of amides is 1. The Morgan fingerprint density at radius 2 is 2.15 bits per heavy atom. The second kappa shape index (κ2) is 9.55. The van der Waals surface area contributed by atoms with Crippen LogP contribution < -0.4 is 10.1 Å². The first-order chi connectivity index (χ1) is 13.2. The Hall–Kier alpha value is -2.34. The summed E-state index contributed by atoms with van der Waals surface area (Å²) >= 11 is 0. The summed E-state index contributed by atoms with van der Waals surface area (Å²) in [5.74, 6) is 2.58. The van der Waals surface area contributed by atoms with E-state index in [2.05, 4.69) is 32.9 Å². The van der Waals surface area contributed by atoms with E-state index >= 15 is 0 Å². The Morgan fingerprint density at radius 1 is 1.33 bits per heavy atom. The molecule has 146 valence electrons. The number of aryl methyl sites for hydroxylation is 1. The highest BCUT2D eigenvalue weighted by Gasteiger charge is 2.24. The molecule has 1 N–H and O–H groups in total. The number of ether oxygens (including phenoxy) is 1. The Bertz CT molecular complexity index is 726. The average molecular weight is 370 g/mol. The maximum atomic E-state index is 12.2. The molecule has 0 spiro atoms. The lowest BCUT2D eigenvalue weighted by atomic mass is 9.97. The Balaban J connectivity index is 1.42. The summed E-state index contributed by atoms with van der Waals surface area (Å²) < 4.78 is 7.38. The molecule has 2 heterocycles. The molecule has 0 radical (unpaired) electrons. The first-order valence-electron chi connectivity index (χ1n) is 9.82. The lowest BCUT2D eigenvalue weighted by Crippen LogP contribution is -2.38. The number of likely N-dealkylation sites (tertiary alicyclic amines) is 1. The summed E-state index contributed by atoms with van der Waals surface area (Å²) in [5, 5.41) is 3.01. The van der Waals surface area contributed by atoms with Crippen molar-refractivity contribution in [2.45, 2.75) is 45.2 Å². The predicted molar refractivity (Wildman–Crippen MR) is 106 cm³/mol. The van der Waals surface area contributed by atoms with Gasteiger partial charge >= 0.3 is 0 Å². The standard InChI is InChI=1S/C21H30N4O2/c1-3-25-14-11-22-21(25)18-5-4-12-24(16-18)13-10-20(26)23-15-17-6-8-19(27-2)9-7-17/h6-9,11,14,18H,3-5,10,12-13,15-16H2,1-2H3,(H,23,26). The first kappa shape index (κ1) is 19.4. The van der Waals surface area contributed by atoms with Gasteiger partial charge in [0.15, 0.2) is 0 Å². The van der Waals surface area contributed by atoms with E-state index in [4.69, 9.17) is 4.74 Å². The number of hydrogen-bond donors (Lipinski definition) is 1. The summed E-state index contributed by atoms with van der Waals surface area (Å²) in [5.41, 5.74) is 1.08. The van der Waals surface area contributed by atoms with Gasteiger partial charge in [-0.1, -0.05) is 12.1 Å². The number of nitrogens with one attached hydrogen (secondary N) is 1. The van der Waals surface area contributed by atoms with E-state index in [0.29, 0.717) is 18.9 Å². The second-order valence-electron chi connectivity index (χ2n) is 7.09. The van der Waals surface area contributed by atoms with Crippen LogP contribution in [-0.4, -0.2) is 47.1 Å². The lowest BCUT2D eigenvalue weighted by Gasteiger charge is -2.32. The zero-order chi connectivity index (χ0) is 19.1. The fourth-order valence-corrected chi connectivity index (χ4v) is 3.71. The molecule has 3 rings (SSSR count). The molecule has 0 saturated carbocycles. The molecule has 1 atom stereocenters. The van der Waals surface area contributed by atoms with Crippen LogP contribution in [0.3, 0.4) is 0 Å². The van der Waals surface area contributed by atoms with Crippen LogP contribution in [-0.2, 0) is 17.9 Å². The van der Waals surface area contributed by atoms with Gasteiger partial charge in [0.05, 0.1) is 7.11 Å². The third-order valence-corrected chi connectivity index (χ3v) is 5.26. The maximum absolute atomic E-state index is 12.2. The van der Waals surface area contributed by atoms with Gasteiger partial charge in [0.1, 0.15) is 11.6 Å². The van der Waals surface area contributed by atoms with Gasteiger partial charge in [-0.3, -0.25) is 4.79 Å². The van der Waals surface area contributed by atoms with Crippen molar-refractivity contribution in [3.8, 4) is 5.75 Å². The second-order valence-corrected chi connectivity index (χ2v) is 7.09. The van der Waals surface area contributed by atoms with Crippen LogP contribution in [0.2, 0.25) is 0 Å². The summed E-state index contributed by atoms with van der Waals surface area (Å²) in [7, 11) is 1.65. The van der Waals surface area contributed by atoms with Crippen molar-refractivity contribution in [2.75, 3.05) is 26.7 Å². The molecule has 1 amide bonds. The number of imidazole rings is 1. The van der Waals surface area contributed by atoms with Crippen molar-refractivity contribution in [3.63, 3.8) is 0 Å². The first-order valence-corrected chi connectivity index (χ1v) is 9.82. The van der Waals surface area contributed by atoms with Crippen LogP contribution in [0.4, 0.5) is 0 Å². The Morgan fingerprint density at radius 3 is 2.89 bits per heavy atom. The number of piperidine rings is 1. The summed E-state index contributed by atoms with van der Waals surface area (Å²) in [4.78, 5) is 19.2. The van der Waals surface area contributed by atoms with E-state index in [1.807, 2.05) is 30.5 Å². The molecule has 1 saturated heterocycles. The summed E-state index contributed by atoms with van der Waals surface area (Å²) in [6.45, 7) is 6.52. The number of nitrogens with zero attached hydrogens (tertiary/aromatic N) is 3. The van der Waals surface area contributed by atoms with Gasteiger partial charge in [0.2, 0.25) is 5.91 Å². The van der Waals surface area contributed by atoms with Crippen molar-refractivity contribution in [3.05, 3.63) is 48.0 Å². The number of benzene rings is 1. The number of carbonyl (C=O) groups excluding carboxylic acids is 1. The number of aromatic nitrogens is 2. The van der Waals surface area contributed by atoms with E-state index in [1.54, 1.807) is 7.11 Å². The van der Waals surface area contributed by atoms with Crippen LogP contribution in [0.25, 0.3) is 0 Å². The van der Waals surface area contributed by atoms with Crippen molar-refractivity contribution < 1.29 is 9.53 Å². The van der Waals surface area contributed by atoms with Crippen LogP contribution in [0.1, 0.15) is 43.5 Å². The van der Waals surface area contributed by atoms with Crippen molar-refractivity contribution >= 4 is 5.91 Å². The van der Waals surface area contributed by atoms with Crippen molar-refractivity contribution in [2.24, 2.45) is 0 Å². The third kappa shape index (κ3) is 5.32. The topological polar surface area (TPSA) is 59.4 Å². The molecule has 6 heteroatoms. The minimum absolute atomic E-state index is 0.1000. The van der Waals surface area contributed by atoms with Gasteiger partial charge in [0, 0.05) is 50.9 Å². The van der Waals surface area contributed by atoms with Crippen LogP contribution in [0, 0.1) is 0 Å². The molecular weight excluding hydrogens is 340 g/mol. The summed E-state index contributed by atoms with van der Waals surface area (Å²) in [6.07, 6.45) is 6.82. The third-order valence-electron chi connectivity index (χ3n) is 5.26. The largest absolute Gasteiger partial charge is 0.497 e. The van der Waals surface area contributed by atoms with E-state index in [0.717, 1.165) is 43.9 Å². The molecule has 27 heavy (non-hydrogen) atoms. The van der Waals surface area contributed by atoms with E-state index in [1.165, 1.54) is 12.2 Å². The molecule has 1 fully saturated rings. The zero-order valence-electron chi connectivity index (χ0n) is 16.4. The molecule has 2 aromatic rings. The van der Waals surface area contributed by atoms with Gasteiger partial charge in [-0.15, -0.1) is 0 Å². The molecule has 0 bridgehead atoms. The van der Waals surface area contributed by atoms with E-state index < -0.39 is 0 Å². The minimum atomic E-state index is 0.1000. The molecule has 0 aliphatic carbocycles. The highest BCUT2D eigenvalue weighted by Crippen LogP contribution is 2.25. The van der Waals surface area contributed by atoms with Crippen LogP contribution >= 0.6 is 0 Å². The fourth-order valence-electron chi connectivity index (χ4n) is 3.71. The highest BCUT2D eigenvalue weighted by molar-refractivity contribution is 5.76. The van der Waals surface area contributed by atoms with Gasteiger partial charge in [0.25, 0.3) is 0 Å². The smallest absolute Gasteiger partial charge is 0.221 e. The molecule has 1 unspecified atom stereocenters. The van der Waals surface area contributed by atoms with Gasteiger partial charge in [-0.2, -0.15) is 0 Å². The molecule has 6 nitrogen and oxygen atoms in total. The normalized spacial score (nSPS) is 17.6.